The molecule has 6 heteroatoms. The third-order valence-electron chi connectivity index (χ3n) is 0.941. The van der Waals surface area contributed by atoms with Crippen LogP contribution in [0.1, 0.15) is 0 Å². The molecule has 1 heterocycles. The van der Waals surface area contributed by atoms with Crippen molar-refractivity contribution >= 4 is 12.4 Å². The van der Waals surface area contributed by atoms with Crippen LogP contribution in [0.25, 0.3) is 0 Å². The van der Waals surface area contributed by atoms with Crippen molar-refractivity contribution in [1.29, 1.82) is 0 Å². The molecule has 0 amide bonds. The highest BCUT2D eigenvalue weighted by molar-refractivity contribution is 5.71. The van der Waals surface area contributed by atoms with E-state index in [-0.39, 0.29) is 6.47 Å². The Labute approximate surface area is 62.8 Å². The normalized spacial score (nSPS) is 21.6. The number of nitrogens with one attached hydrogen (secondary N) is 1. The predicted molar refractivity (Wildman–Crippen MR) is 34.1 cm³/mol. The van der Waals surface area contributed by atoms with Gasteiger partial charge in [0.1, 0.15) is 0 Å². The Bertz CT molecular complexity index is 131. The summed E-state index contributed by atoms with van der Waals surface area (Å²) in [6, 6.07) is 0. The van der Waals surface area contributed by atoms with E-state index in [1.165, 1.54) is 0 Å². The van der Waals surface area contributed by atoms with Crippen molar-refractivity contribution in [3.05, 3.63) is 0 Å². The third-order valence-corrected chi connectivity index (χ3v) is 0.941. The fourth-order valence-corrected chi connectivity index (χ4v) is 0.584. The second kappa shape index (κ2) is 5.63. The van der Waals surface area contributed by atoms with E-state index < -0.39 is 12.2 Å². The predicted octanol–water partition coefficient (Wildman–Crippen LogP) is -1.28. The fraction of sp³-hybridized carbons (Fsp3) is 0.600. The Kier molecular flexibility index (Phi) is 5.05. The summed E-state index contributed by atoms with van der Waals surface area (Å²) in [5, 5.41) is 17.7. The molecule has 6 nitrogen and oxygen atoms in total. The maximum absolute atomic E-state index is 10.0. The summed E-state index contributed by atoms with van der Waals surface area (Å²) in [4.78, 5) is 18.4. The van der Waals surface area contributed by atoms with Crippen molar-refractivity contribution in [1.82, 2.24) is 5.32 Å². The highest BCUT2D eigenvalue weighted by atomic mass is 16.5. The quantitative estimate of drug-likeness (QED) is 0.416. The van der Waals surface area contributed by atoms with Crippen molar-refractivity contribution in [2.24, 2.45) is 0 Å². The van der Waals surface area contributed by atoms with Crippen LogP contribution in [0.2, 0.25) is 0 Å². The van der Waals surface area contributed by atoms with Gasteiger partial charge in [0.25, 0.3) is 6.47 Å². The van der Waals surface area contributed by atoms with E-state index >= 15 is 0 Å². The number of carboxylic acid groups (broad SMARTS) is 2. The molecule has 0 aromatic carbocycles. The molecule has 1 aliphatic rings. The van der Waals surface area contributed by atoms with Gasteiger partial charge in [-0.05, 0) is 0 Å². The summed E-state index contributed by atoms with van der Waals surface area (Å²) < 4.78 is 4.70. The van der Waals surface area contributed by atoms with E-state index in [4.69, 9.17) is 19.7 Å². The summed E-state index contributed by atoms with van der Waals surface area (Å²) in [6.45, 7) is 0.883. The van der Waals surface area contributed by atoms with Gasteiger partial charge in [0.15, 0.2) is 0 Å². The molecule has 0 radical (unpaired) electrons. The van der Waals surface area contributed by atoms with Crippen LogP contribution in [0.3, 0.4) is 0 Å². The van der Waals surface area contributed by atoms with Gasteiger partial charge in [-0.15, -0.1) is 0 Å². The van der Waals surface area contributed by atoms with E-state index in [2.05, 4.69) is 5.32 Å². The topological polar surface area (TPSA) is 95.9 Å². The minimum absolute atomic E-state index is 0.250. The zero-order valence-corrected chi connectivity index (χ0v) is 5.69. The molecular formula is C5H9NO5. The molecule has 0 saturated carbocycles. The number of rotatable bonds is 1. The molecule has 0 aliphatic carbocycles. The van der Waals surface area contributed by atoms with Crippen molar-refractivity contribution in [3.8, 4) is 0 Å². The Hall–Kier alpha value is -1.14. The van der Waals surface area contributed by atoms with Crippen LogP contribution in [-0.2, 0) is 14.3 Å². The standard InChI is InChI=1S/C4H7NO3.CH2O2/c6-4(7)3-5-1-2-8-3;2-1-3/h3,5H,1-2H2,(H,6,7);1H,(H,2,3). The molecule has 1 atom stereocenters. The Morgan fingerprint density at radius 1 is 1.73 bits per heavy atom. The van der Waals surface area contributed by atoms with Crippen LogP contribution in [-0.4, -0.2) is 42.0 Å². The van der Waals surface area contributed by atoms with Gasteiger partial charge in [-0.3, -0.25) is 10.1 Å². The van der Waals surface area contributed by atoms with Gasteiger partial charge in [-0.1, -0.05) is 0 Å². The molecule has 1 unspecified atom stereocenters. The van der Waals surface area contributed by atoms with Crippen LogP contribution in [0.5, 0.6) is 0 Å². The smallest absolute Gasteiger partial charge is 0.348 e. The van der Waals surface area contributed by atoms with Gasteiger partial charge in [0.2, 0.25) is 6.23 Å². The average Bonchev–Trinajstić information content (AvgIpc) is 2.38. The molecular weight excluding hydrogens is 154 g/mol. The maximum atomic E-state index is 10.0. The highest BCUT2D eigenvalue weighted by Gasteiger charge is 2.20. The highest BCUT2D eigenvalue weighted by Crippen LogP contribution is 1.92. The molecule has 0 bridgehead atoms. The molecule has 64 valence electrons. The minimum Gasteiger partial charge on any atom is -0.483 e. The number of hydrogen-bond donors (Lipinski definition) is 3. The number of hydrogen-bond acceptors (Lipinski definition) is 4. The van der Waals surface area contributed by atoms with Gasteiger partial charge >= 0.3 is 5.97 Å². The molecule has 0 aromatic rings. The lowest BCUT2D eigenvalue weighted by Crippen LogP contribution is -2.31. The lowest BCUT2D eigenvalue weighted by molar-refractivity contribution is -0.148. The molecule has 11 heavy (non-hydrogen) atoms. The third kappa shape index (κ3) is 4.29. The summed E-state index contributed by atoms with van der Waals surface area (Å²) in [5.41, 5.74) is 0. The Morgan fingerprint density at radius 2 is 2.27 bits per heavy atom. The molecule has 1 fully saturated rings. The van der Waals surface area contributed by atoms with Gasteiger partial charge < -0.3 is 14.9 Å². The van der Waals surface area contributed by atoms with E-state index in [1.807, 2.05) is 0 Å². The number of ether oxygens (including phenoxy) is 1. The molecule has 1 saturated heterocycles. The van der Waals surface area contributed by atoms with Gasteiger partial charge in [0, 0.05) is 6.54 Å². The Morgan fingerprint density at radius 3 is 2.45 bits per heavy atom. The van der Waals surface area contributed by atoms with Crippen molar-refractivity contribution < 1.29 is 24.5 Å². The number of carboxylic acids is 1. The first-order valence-corrected chi connectivity index (χ1v) is 2.88. The van der Waals surface area contributed by atoms with Gasteiger partial charge in [-0.25, -0.2) is 4.79 Å². The summed E-state index contributed by atoms with van der Waals surface area (Å²) in [6.07, 6.45) is -0.769. The van der Waals surface area contributed by atoms with E-state index in [9.17, 15) is 4.79 Å². The molecule has 3 N–H and O–H groups in total. The minimum atomic E-state index is -0.942. The van der Waals surface area contributed by atoms with Crippen molar-refractivity contribution in [2.75, 3.05) is 13.2 Å². The first kappa shape index (κ1) is 9.86. The van der Waals surface area contributed by atoms with Crippen LogP contribution < -0.4 is 5.32 Å². The van der Waals surface area contributed by atoms with E-state index in [1.54, 1.807) is 0 Å². The largest absolute Gasteiger partial charge is 0.483 e. The maximum Gasteiger partial charge on any atom is 0.348 e. The lowest BCUT2D eigenvalue weighted by atomic mass is 10.6. The first-order chi connectivity index (χ1) is 5.22. The van der Waals surface area contributed by atoms with Gasteiger partial charge in [0.05, 0.1) is 6.61 Å². The van der Waals surface area contributed by atoms with Crippen molar-refractivity contribution in [2.45, 2.75) is 6.23 Å². The lowest BCUT2D eigenvalue weighted by Gasteiger charge is -1.99. The molecule has 0 spiro atoms. The molecule has 1 aliphatic heterocycles. The molecule has 1 rings (SSSR count). The summed E-state index contributed by atoms with van der Waals surface area (Å²) in [7, 11) is 0. The van der Waals surface area contributed by atoms with E-state index in [0.717, 1.165) is 0 Å². The summed E-state index contributed by atoms with van der Waals surface area (Å²) in [5.74, 6) is -0.942. The zero-order chi connectivity index (χ0) is 8.69. The van der Waals surface area contributed by atoms with E-state index in [0.29, 0.717) is 13.2 Å². The van der Waals surface area contributed by atoms with Crippen molar-refractivity contribution in [3.63, 3.8) is 0 Å². The Balaban J connectivity index is 0.000000292. The summed E-state index contributed by atoms with van der Waals surface area (Å²) >= 11 is 0. The number of carbonyl (C=O) groups is 2. The van der Waals surface area contributed by atoms with Gasteiger partial charge in [-0.2, -0.15) is 0 Å². The second-order valence-electron chi connectivity index (χ2n) is 1.65. The SMILES string of the molecule is O=C(O)C1NCCO1.O=CO. The molecule has 0 aromatic heterocycles. The van der Waals surface area contributed by atoms with Crippen LogP contribution in [0, 0.1) is 0 Å². The zero-order valence-electron chi connectivity index (χ0n) is 5.69. The van der Waals surface area contributed by atoms with Crippen LogP contribution in [0.15, 0.2) is 0 Å². The number of aliphatic carboxylic acids is 1. The first-order valence-electron chi connectivity index (χ1n) is 2.88. The van der Waals surface area contributed by atoms with Crippen LogP contribution >= 0.6 is 0 Å². The van der Waals surface area contributed by atoms with Crippen LogP contribution in [0.4, 0.5) is 0 Å². The fourth-order valence-electron chi connectivity index (χ4n) is 0.584. The monoisotopic (exact) mass is 163 g/mol. The second-order valence-corrected chi connectivity index (χ2v) is 1.65. The average molecular weight is 163 g/mol.